The summed E-state index contributed by atoms with van der Waals surface area (Å²) in [5.41, 5.74) is -0.785. The third kappa shape index (κ3) is 11.4. The van der Waals surface area contributed by atoms with Crippen LogP contribution in [0.25, 0.3) is 0 Å². The molecule has 0 bridgehead atoms. The highest BCUT2D eigenvalue weighted by molar-refractivity contribution is 5.58. The van der Waals surface area contributed by atoms with Crippen LogP contribution in [-0.2, 0) is 0 Å². The zero-order valence-corrected chi connectivity index (χ0v) is 16.9. The van der Waals surface area contributed by atoms with Crippen LogP contribution in [0.1, 0.15) is 104 Å². The van der Waals surface area contributed by atoms with E-state index in [1.165, 1.54) is 77.0 Å². The summed E-state index contributed by atoms with van der Waals surface area (Å²) in [7, 11) is 0. The van der Waals surface area contributed by atoms with Gasteiger partial charge in [0.2, 0.25) is 0 Å². The first-order valence-corrected chi connectivity index (χ1v) is 10.8. The Kier molecular flexibility index (Phi) is 12.8. The van der Waals surface area contributed by atoms with Crippen molar-refractivity contribution in [3.05, 3.63) is 12.2 Å². The van der Waals surface area contributed by atoms with Gasteiger partial charge >= 0.3 is 0 Å². The molecule has 1 aliphatic heterocycles. The maximum absolute atomic E-state index is 10.4. The minimum atomic E-state index is -0.785. The van der Waals surface area contributed by atoms with E-state index in [9.17, 15) is 5.11 Å². The first-order chi connectivity index (χ1) is 12.2. The molecule has 1 heterocycles. The summed E-state index contributed by atoms with van der Waals surface area (Å²) in [6.07, 6.45) is 24.7. The Morgan fingerprint density at radius 3 is 2.00 bits per heavy atom. The first-order valence-electron chi connectivity index (χ1n) is 10.8. The van der Waals surface area contributed by atoms with Gasteiger partial charge in [0.05, 0.1) is 12.9 Å². The molecule has 146 valence electrons. The molecular formula is C22H42N2O. The Labute approximate surface area is 156 Å². The van der Waals surface area contributed by atoms with Crippen LogP contribution < -0.4 is 0 Å². The van der Waals surface area contributed by atoms with Crippen molar-refractivity contribution in [1.82, 2.24) is 4.90 Å². The van der Waals surface area contributed by atoms with Crippen LogP contribution in [-0.4, -0.2) is 35.2 Å². The van der Waals surface area contributed by atoms with Crippen molar-refractivity contribution in [1.29, 1.82) is 0 Å². The van der Waals surface area contributed by atoms with Gasteiger partial charge in [0.15, 0.2) is 0 Å². The maximum Gasteiger partial charge on any atom is 0.139 e. The number of aliphatic hydroxyl groups is 1. The molecule has 0 amide bonds. The molecular weight excluding hydrogens is 308 g/mol. The highest BCUT2D eigenvalue weighted by Gasteiger charge is 2.26. The fourth-order valence-electron chi connectivity index (χ4n) is 3.39. The van der Waals surface area contributed by atoms with Gasteiger partial charge in [0, 0.05) is 13.0 Å². The second-order valence-corrected chi connectivity index (χ2v) is 7.79. The predicted octanol–water partition coefficient (Wildman–Crippen LogP) is 6.08. The molecule has 1 N–H and O–H groups in total. The molecule has 0 aliphatic carbocycles. The number of hydrogen-bond acceptors (Lipinski definition) is 3. The van der Waals surface area contributed by atoms with Crippen LogP contribution >= 0.6 is 0 Å². The lowest BCUT2D eigenvalue weighted by atomic mass is 10.0. The summed E-state index contributed by atoms with van der Waals surface area (Å²) in [6, 6.07) is 0. The van der Waals surface area contributed by atoms with Gasteiger partial charge in [0.25, 0.3) is 0 Å². The zero-order chi connectivity index (χ0) is 18.2. The quantitative estimate of drug-likeness (QED) is 0.270. The summed E-state index contributed by atoms with van der Waals surface area (Å²) in [6.45, 7) is 5.79. The lowest BCUT2D eigenvalue weighted by Gasteiger charge is -2.32. The van der Waals surface area contributed by atoms with Crippen molar-refractivity contribution in [2.24, 2.45) is 4.99 Å². The van der Waals surface area contributed by atoms with Gasteiger partial charge in [-0.2, -0.15) is 0 Å². The monoisotopic (exact) mass is 350 g/mol. The van der Waals surface area contributed by atoms with Crippen molar-refractivity contribution in [2.45, 2.75) is 109 Å². The minimum absolute atomic E-state index is 0.678. The Morgan fingerprint density at radius 2 is 1.48 bits per heavy atom. The summed E-state index contributed by atoms with van der Waals surface area (Å²) in [5, 5.41) is 10.4. The molecule has 0 saturated heterocycles. The smallest absolute Gasteiger partial charge is 0.139 e. The molecule has 0 spiro atoms. The molecule has 3 heteroatoms. The van der Waals surface area contributed by atoms with Crippen LogP contribution in [0.2, 0.25) is 0 Å². The van der Waals surface area contributed by atoms with E-state index in [1.807, 2.05) is 11.8 Å². The molecule has 0 aromatic heterocycles. The highest BCUT2D eigenvalue weighted by atomic mass is 16.3. The van der Waals surface area contributed by atoms with E-state index in [0.29, 0.717) is 6.42 Å². The fraction of sp³-hybridized carbons (Fsp3) is 0.864. The number of allylic oxidation sites excluding steroid dienone is 1. The van der Waals surface area contributed by atoms with Crippen molar-refractivity contribution in [3.8, 4) is 0 Å². The number of unbranched alkanes of at least 4 members (excludes halogenated alkanes) is 12. The highest BCUT2D eigenvalue weighted by Crippen LogP contribution is 2.17. The van der Waals surface area contributed by atoms with Gasteiger partial charge in [-0.3, -0.25) is 4.99 Å². The molecule has 1 unspecified atom stereocenters. The standard InChI is InChI=1S/C22H42N2O/c1-3-4-5-6-7-8-9-10-11-12-13-14-15-16-17-18-22(2,25)24-20-19-23-21-24/h16-17,21,25H,3-15,18-20H2,1-2H3. The Balaban J connectivity index is 1.84. The van der Waals surface area contributed by atoms with E-state index in [1.54, 1.807) is 6.34 Å². The second kappa shape index (κ2) is 14.4. The zero-order valence-electron chi connectivity index (χ0n) is 16.9. The van der Waals surface area contributed by atoms with Crippen LogP contribution in [0, 0.1) is 0 Å². The van der Waals surface area contributed by atoms with E-state index >= 15 is 0 Å². The van der Waals surface area contributed by atoms with E-state index in [0.717, 1.165) is 19.5 Å². The molecule has 0 aromatic carbocycles. The average Bonchev–Trinajstić information content (AvgIpc) is 3.14. The topological polar surface area (TPSA) is 35.8 Å². The number of nitrogens with zero attached hydrogens (tertiary/aromatic N) is 2. The molecule has 1 aliphatic rings. The summed E-state index contributed by atoms with van der Waals surface area (Å²) in [4.78, 5) is 6.10. The average molecular weight is 351 g/mol. The molecule has 0 saturated carbocycles. The Bertz CT molecular complexity index is 363. The van der Waals surface area contributed by atoms with Crippen molar-refractivity contribution >= 4 is 6.34 Å². The van der Waals surface area contributed by atoms with Crippen molar-refractivity contribution in [3.63, 3.8) is 0 Å². The molecule has 25 heavy (non-hydrogen) atoms. The Hall–Kier alpha value is -0.830. The summed E-state index contributed by atoms with van der Waals surface area (Å²) < 4.78 is 0. The third-order valence-electron chi connectivity index (χ3n) is 5.21. The first kappa shape index (κ1) is 22.2. The number of rotatable bonds is 16. The predicted molar refractivity (Wildman–Crippen MR) is 110 cm³/mol. The van der Waals surface area contributed by atoms with Gasteiger partial charge in [0.1, 0.15) is 5.72 Å². The number of hydrogen-bond donors (Lipinski definition) is 1. The molecule has 1 atom stereocenters. The third-order valence-corrected chi connectivity index (χ3v) is 5.21. The van der Waals surface area contributed by atoms with Gasteiger partial charge in [-0.25, -0.2) is 0 Å². The van der Waals surface area contributed by atoms with E-state index in [4.69, 9.17) is 0 Å². The molecule has 1 rings (SSSR count). The van der Waals surface area contributed by atoms with Gasteiger partial charge in [-0.15, -0.1) is 0 Å². The molecule has 0 fully saturated rings. The van der Waals surface area contributed by atoms with Crippen molar-refractivity contribution in [2.75, 3.05) is 13.1 Å². The lowest BCUT2D eigenvalue weighted by molar-refractivity contribution is -0.0421. The Morgan fingerprint density at radius 1 is 0.920 bits per heavy atom. The summed E-state index contributed by atoms with van der Waals surface area (Å²) >= 11 is 0. The van der Waals surface area contributed by atoms with Crippen molar-refractivity contribution < 1.29 is 5.11 Å². The van der Waals surface area contributed by atoms with E-state index < -0.39 is 5.72 Å². The van der Waals surface area contributed by atoms with Crippen LogP contribution in [0.15, 0.2) is 17.1 Å². The van der Waals surface area contributed by atoms with E-state index in [-0.39, 0.29) is 0 Å². The maximum atomic E-state index is 10.4. The largest absolute Gasteiger partial charge is 0.371 e. The SMILES string of the molecule is CCCCCCCCCCCCCCC=CCC(C)(O)N1C=NCC1. The molecule has 0 radical (unpaired) electrons. The van der Waals surface area contributed by atoms with Crippen LogP contribution in [0.4, 0.5) is 0 Å². The summed E-state index contributed by atoms with van der Waals surface area (Å²) in [5.74, 6) is 0. The van der Waals surface area contributed by atoms with Gasteiger partial charge in [-0.05, 0) is 19.8 Å². The minimum Gasteiger partial charge on any atom is -0.371 e. The van der Waals surface area contributed by atoms with Gasteiger partial charge < -0.3 is 10.0 Å². The van der Waals surface area contributed by atoms with Crippen LogP contribution in [0.3, 0.4) is 0 Å². The normalized spacial score (nSPS) is 16.8. The fourth-order valence-corrected chi connectivity index (χ4v) is 3.39. The van der Waals surface area contributed by atoms with E-state index in [2.05, 4.69) is 24.1 Å². The number of aliphatic imine (C=N–C) groups is 1. The lowest BCUT2D eigenvalue weighted by Crippen LogP contribution is -2.44. The molecule has 0 aromatic rings. The second-order valence-electron chi connectivity index (χ2n) is 7.79. The molecule has 3 nitrogen and oxygen atoms in total. The van der Waals surface area contributed by atoms with Gasteiger partial charge in [-0.1, -0.05) is 89.7 Å². The van der Waals surface area contributed by atoms with Crippen LogP contribution in [0.5, 0.6) is 0 Å².